The van der Waals surface area contributed by atoms with Crippen molar-refractivity contribution < 1.29 is 4.92 Å². The summed E-state index contributed by atoms with van der Waals surface area (Å²) in [6.45, 7) is 2.78. The summed E-state index contributed by atoms with van der Waals surface area (Å²) in [6.07, 6.45) is 2.75. The summed E-state index contributed by atoms with van der Waals surface area (Å²) in [5.41, 5.74) is 1.91. The minimum absolute atomic E-state index is 0.126. The van der Waals surface area contributed by atoms with E-state index in [9.17, 15) is 10.1 Å². The van der Waals surface area contributed by atoms with Crippen LogP contribution in [-0.2, 0) is 0 Å². The Labute approximate surface area is 109 Å². The van der Waals surface area contributed by atoms with Crippen LogP contribution in [0, 0.1) is 10.1 Å². The molecule has 0 aliphatic heterocycles. The number of nitrogens with zero attached hydrogens (tertiary/aromatic N) is 1. The fraction of sp³-hybridized carbons (Fsp3) is 0.333. The molecule has 0 saturated carbocycles. The van der Waals surface area contributed by atoms with Gasteiger partial charge in [0, 0.05) is 17.1 Å². The number of nitro benzene ring substituents is 1. The van der Waals surface area contributed by atoms with E-state index in [1.54, 1.807) is 6.07 Å². The maximum Gasteiger partial charge on any atom is 0.277 e. The van der Waals surface area contributed by atoms with Crippen LogP contribution in [0.15, 0.2) is 28.2 Å². The summed E-state index contributed by atoms with van der Waals surface area (Å²) >= 11 is 3.24. The molecule has 1 aromatic carbocycles. The van der Waals surface area contributed by atoms with Crippen molar-refractivity contribution in [1.29, 1.82) is 0 Å². The predicted octanol–water partition coefficient (Wildman–Crippen LogP) is 3.37. The molecule has 1 aromatic rings. The lowest BCUT2D eigenvalue weighted by atomic mass is 10.1. The molecule has 0 saturated heterocycles. The number of hydrogen-bond donors (Lipinski definition) is 1. The molecule has 0 unspecified atom stereocenters. The molecule has 0 aromatic heterocycles. The first-order valence-corrected chi connectivity index (χ1v) is 6.15. The Morgan fingerprint density at radius 3 is 2.82 bits per heavy atom. The van der Waals surface area contributed by atoms with Gasteiger partial charge in [0.05, 0.1) is 10.5 Å². The van der Waals surface area contributed by atoms with Gasteiger partial charge in [-0.2, -0.15) is 0 Å². The molecule has 0 radical (unpaired) electrons. The fourth-order valence-electron chi connectivity index (χ4n) is 1.52. The standard InChI is InChI=1S/C12H15BrN2O2/c1-3-9(8-14-2)6-10-4-5-11(13)7-12(10)15(16)17/h4-7,14H,3,8H2,1-2H3/b9-6-. The van der Waals surface area contributed by atoms with Crippen LogP contribution in [0.2, 0.25) is 0 Å². The molecule has 4 nitrogen and oxygen atoms in total. The van der Waals surface area contributed by atoms with E-state index in [4.69, 9.17) is 0 Å². The van der Waals surface area contributed by atoms with Crippen molar-refractivity contribution in [1.82, 2.24) is 5.32 Å². The highest BCUT2D eigenvalue weighted by molar-refractivity contribution is 9.10. The second-order valence-corrected chi connectivity index (χ2v) is 4.56. The van der Waals surface area contributed by atoms with Crippen molar-refractivity contribution in [2.45, 2.75) is 13.3 Å². The third-order valence-corrected chi connectivity index (χ3v) is 2.90. The zero-order chi connectivity index (χ0) is 12.8. The van der Waals surface area contributed by atoms with Gasteiger partial charge in [0.25, 0.3) is 5.69 Å². The van der Waals surface area contributed by atoms with E-state index in [1.165, 1.54) is 6.07 Å². The second kappa shape index (κ2) is 6.51. The Bertz CT molecular complexity index is 444. The largest absolute Gasteiger partial charge is 0.316 e. The van der Waals surface area contributed by atoms with Gasteiger partial charge in [-0.25, -0.2) is 0 Å². The monoisotopic (exact) mass is 298 g/mol. The summed E-state index contributed by atoms with van der Waals surface area (Å²) in [5, 5.41) is 14.0. The summed E-state index contributed by atoms with van der Waals surface area (Å²) < 4.78 is 0.716. The van der Waals surface area contributed by atoms with Gasteiger partial charge in [0.2, 0.25) is 0 Å². The smallest absolute Gasteiger partial charge is 0.277 e. The van der Waals surface area contributed by atoms with Gasteiger partial charge in [0.1, 0.15) is 0 Å². The van der Waals surface area contributed by atoms with Gasteiger partial charge in [-0.3, -0.25) is 10.1 Å². The highest BCUT2D eigenvalue weighted by atomic mass is 79.9. The van der Waals surface area contributed by atoms with Crippen molar-refractivity contribution in [2.24, 2.45) is 0 Å². The summed E-state index contributed by atoms with van der Waals surface area (Å²) in [6, 6.07) is 5.09. The zero-order valence-corrected chi connectivity index (χ0v) is 11.5. The van der Waals surface area contributed by atoms with E-state index in [2.05, 4.69) is 21.2 Å². The summed E-state index contributed by atoms with van der Waals surface area (Å²) in [4.78, 5) is 10.6. The van der Waals surface area contributed by atoms with Crippen LogP contribution in [-0.4, -0.2) is 18.5 Å². The maximum absolute atomic E-state index is 10.9. The Morgan fingerprint density at radius 2 is 2.29 bits per heavy atom. The number of benzene rings is 1. The van der Waals surface area contributed by atoms with E-state index >= 15 is 0 Å². The minimum Gasteiger partial charge on any atom is -0.316 e. The fourth-order valence-corrected chi connectivity index (χ4v) is 1.87. The molecular weight excluding hydrogens is 284 g/mol. The Morgan fingerprint density at radius 1 is 1.59 bits per heavy atom. The molecule has 0 spiro atoms. The van der Waals surface area contributed by atoms with Crippen molar-refractivity contribution in [3.05, 3.63) is 43.9 Å². The van der Waals surface area contributed by atoms with E-state index < -0.39 is 0 Å². The Kier molecular flexibility index (Phi) is 5.31. The topological polar surface area (TPSA) is 55.2 Å². The second-order valence-electron chi connectivity index (χ2n) is 3.65. The SMILES string of the molecule is CC/C(=C/c1ccc(Br)cc1[N+](=O)[O-])CNC. The predicted molar refractivity (Wildman–Crippen MR) is 73.0 cm³/mol. The van der Waals surface area contributed by atoms with Gasteiger partial charge in [-0.15, -0.1) is 0 Å². The minimum atomic E-state index is -0.358. The van der Waals surface area contributed by atoms with Gasteiger partial charge >= 0.3 is 0 Å². The Hall–Kier alpha value is -1.20. The van der Waals surface area contributed by atoms with Gasteiger partial charge in [-0.1, -0.05) is 28.4 Å². The normalized spacial score (nSPS) is 11.6. The van der Waals surface area contributed by atoms with E-state index in [1.807, 2.05) is 26.1 Å². The molecule has 17 heavy (non-hydrogen) atoms. The van der Waals surface area contributed by atoms with Crippen LogP contribution in [0.3, 0.4) is 0 Å². The first-order valence-electron chi connectivity index (χ1n) is 5.36. The van der Waals surface area contributed by atoms with Gasteiger partial charge < -0.3 is 5.32 Å². The van der Waals surface area contributed by atoms with Crippen molar-refractivity contribution in [3.8, 4) is 0 Å². The quantitative estimate of drug-likeness (QED) is 0.670. The van der Waals surface area contributed by atoms with Crippen LogP contribution < -0.4 is 5.32 Å². The molecule has 0 atom stereocenters. The summed E-state index contributed by atoms with van der Waals surface area (Å²) in [5.74, 6) is 0. The van der Waals surface area contributed by atoms with Gasteiger partial charge in [-0.05, 0) is 31.7 Å². The molecule has 0 fully saturated rings. The molecule has 0 aliphatic carbocycles. The number of halogens is 1. The summed E-state index contributed by atoms with van der Waals surface area (Å²) in [7, 11) is 1.86. The maximum atomic E-state index is 10.9. The Balaban J connectivity index is 3.16. The third kappa shape index (κ3) is 3.94. The number of hydrogen-bond acceptors (Lipinski definition) is 3. The zero-order valence-electron chi connectivity index (χ0n) is 9.87. The molecule has 0 bridgehead atoms. The average Bonchev–Trinajstić information content (AvgIpc) is 2.30. The van der Waals surface area contributed by atoms with Crippen LogP contribution >= 0.6 is 15.9 Å². The van der Waals surface area contributed by atoms with E-state index in [0.29, 0.717) is 10.0 Å². The van der Waals surface area contributed by atoms with Crippen LogP contribution in [0.4, 0.5) is 5.69 Å². The molecule has 0 heterocycles. The highest BCUT2D eigenvalue weighted by Gasteiger charge is 2.12. The van der Waals surface area contributed by atoms with Crippen molar-refractivity contribution in [3.63, 3.8) is 0 Å². The average molecular weight is 299 g/mol. The highest BCUT2D eigenvalue weighted by Crippen LogP contribution is 2.25. The van der Waals surface area contributed by atoms with E-state index in [0.717, 1.165) is 18.5 Å². The van der Waals surface area contributed by atoms with Crippen LogP contribution in [0.1, 0.15) is 18.9 Å². The van der Waals surface area contributed by atoms with Crippen LogP contribution in [0.5, 0.6) is 0 Å². The lowest BCUT2D eigenvalue weighted by Gasteiger charge is -2.04. The van der Waals surface area contributed by atoms with Gasteiger partial charge in [0.15, 0.2) is 0 Å². The molecule has 0 aliphatic rings. The van der Waals surface area contributed by atoms with Crippen molar-refractivity contribution in [2.75, 3.05) is 13.6 Å². The lowest BCUT2D eigenvalue weighted by Crippen LogP contribution is -2.09. The number of likely N-dealkylation sites (N-methyl/N-ethyl adjacent to an activating group) is 1. The first-order chi connectivity index (χ1) is 8.08. The number of nitro groups is 1. The lowest BCUT2D eigenvalue weighted by molar-refractivity contribution is -0.385. The molecule has 5 heteroatoms. The number of rotatable bonds is 5. The molecule has 0 amide bonds. The molecule has 1 rings (SSSR count). The molecule has 92 valence electrons. The molecule has 1 N–H and O–H groups in total. The van der Waals surface area contributed by atoms with Crippen molar-refractivity contribution >= 4 is 27.7 Å². The third-order valence-electron chi connectivity index (χ3n) is 2.41. The van der Waals surface area contributed by atoms with Crippen LogP contribution in [0.25, 0.3) is 6.08 Å². The van der Waals surface area contributed by atoms with E-state index in [-0.39, 0.29) is 10.6 Å². The number of nitrogens with one attached hydrogen (secondary N) is 1. The molecular formula is C12H15BrN2O2. The first kappa shape index (κ1) is 13.9.